The molecule has 2 heterocycles. The van der Waals surface area contributed by atoms with Crippen LogP contribution in [0.15, 0.2) is 30.3 Å². The Labute approximate surface area is 160 Å². The maximum Gasteiger partial charge on any atom is 0.436 e. The first-order valence-corrected chi connectivity index (χ1v) is 8.98. The predicted molar refractivity (Wildman–Crippen MR) is 97.1 cm³/mol. The van der Waals surface area contributed by atoms with Gasteiger partial charge in [0.1, 0.15) is 6.29 Å². The second-order valence-corrected chi connectivity index (χ2v) is 6.87. The maximum atomic E-state index is 13.0. The number of carbonyl (C=O) groups is 1. The number of rotatable bonds is 5. The van der Waals surface area contributed by atoms with Crippen LogP contribution in [0.5, 0.6) is 0 Å². The minimum atomic E-state index is -4.62. The molecular weight excluding hydrogens is 381 g/mol. The molecule has 0 radical (unpaired) electrons. The normalized spacial score (nSPS) is 17.1. The second-order valence-electron chi connectivity index (χ2n) is 6.49. The number of aldehydes is 1. The fourth-order valence-electron chi connectivity index (χ4n) is 3.26. The van der Waals surface area contributed by atoms with Crippen LogP contribution in [0.1, 0.15) is 11.4 Å². The molecule has 2 aromatic rings. The molecule has 0 spiro atoms. The molecule has 1 aromatic carbocycles. The minimum Gasteiger partial charge on any atom is -0.369 e. The van der Waals surface area contributed by atoms with E-state index in [4.69, 9.17) is 11.6 Å². The smallest absolute Gasteiger partial charge is 0.369 e. The number of hydrogen-bond acceptors (Lipinski definition) is 4. The quantitative estimate of drug-likeness (QED) is 0.722. The average Bonchev–Trinajstić information content (AvgIpc) is 2.95. The summed E-state index contributed by atoms with van der Waals surface area (Å²) in [5.74, 6) is 0. The number of alkyl halides is 3. The van der Waals surface area contributed by atoms with Crippen molar-refractivity contribution in [2.24, 2.45) is 0 Å². The van der Waals surface area contributed by atoms with Crippen LogP contribution < -0.4 is 4.90 Å². The van der Waals surface area contributed by atoms with Gasteiger partial charge < -0.3 is 9.69 Å². The number of nitrogens with zero attached hydrogens (tertiary/aromatic N) is 4. The molecule has 9 heteroatoms. The van der Waals surface area contributed by atoms with Crippen LogP contribution in [0, 0.1) is 6.92 Å². The summed E-state index contributed by atoms with van der Waals surface area (Å²) in [5, 5.41) is 3.17. The SMILES string of the molecule is Cc1c(Cl)c(C(F)(F)F)nn1CC(C=O)N1CCN(c2ccccc2)CC1. The van der Waals surface area contributed by atoms with Gasteiger partial charge in [0.05, 0.1) is 23.3 Å². The van der Waals surface area contributed by atoms with E-state index in [0.29, 0.717) is 13.1 Å². The molecule has 27 heavy (non-hydrogen) atoms. The Morgan fingerprint density at radius 2 is 1.81 bits per heavy atom. The van der Waals surface area contributed by atoms with Gasteiger partial charge in [-0.25, -0.2) is 0 Å². The molecule has 0 bridgehead atoms. The number of anilines is 1. The van der Waals surface area contributed by atoms with Crippen molar-refractivity contribution in [1.82, 2.24) is 14.7 Å². The number of para-hydroxylation sites is 1. The van der Waals surface area contributed by atoms with Crippen LogP contribution >= 0.6 is 11.6 Å². The number of hydrogen-bond donors (Lipinski definition) is 0. The van der Waals surface area contributed by atoms with E-state index in [-0.39, 0.29) is 12.2 Å². The van der Waals surface area contributed by atoms with E-state index < -0.39 is 22.9 Å². The zero-order valence-electron chi connectivity index (χ0n) is 14.8. The summed E-state index contributed by atoms with van der Waals surface area (Å²) in [4.78, 5) is 15.8. The van der Waals surface area contributed by atoms with Crippen LogP contribution in [0.25, 0.3) is 0 Å². The molecule has 1 fully saturated rings. The zero-order chi connectivity index (χ0) is 19.6. The van der Waals surface area contributed by atoms with Gasteiger partial charge in [-0.15, -0.1) is 0 Å². The Kier molecular flexibility index (Phi) is 5.76. The highest BCUT2D eigenvalue weighted by Gasteiger charge is 2.38. The summed E-state index contributed by atoms with van der Waals surface area (Å²) in [7, 11) is 0. The molecule has 1 aliphatic heterocycles. The van der Waals surface area contributed by atoms with Crippen LogP contribution in [0.3, 0.4) is 0 Å². The minimum absolute atomic E-state index is 0.0382. The first kappa shape index (κ1) is 19.7. The van der Waals surface area contributed by atoms with Crippen LogP contribution in [-0.4, -0.2) is 53.2 Å². The van der Waals surface area contributed by atoms with Crippen molar-refractivity contribution in [2.45, 2.75) is 25.7 Å². The first-order valence-electron chi connectivity index (χ1n) is 8.60. The van der Waals surface area contributed by atoms with E-state index in [1.165, 1.54) is 11.6 Å². The monoisotopic (exact) mass is 400 g/mol. The van der Waals surface area contributed by atoms with Gasteiger partial charge in [-0.05, 0) is 19.1 Å². The molecule has 1 atom stereocenters. The first-order chi connectivity index (χ1) is 12.8. The Balaban J connectivity index is 1.68. The van der Waals surface area contributed by atoms with E-state index in [0.717, 1.165) is 25.1 Å². The van der Waals surface area contributed by atoms with E-state index in [9.17, 15) is 18.0 Å². The summed E-state index contributed by atoms with van der Waals surface area (Å²) in [6.45, 7) is 4.26. The lowest BCUT2D eigenvalue weighted by atomic mass is 10.2. The lowest BCUT2D eigenvalue weighted by Gasteiger charge is -2.38. The highest BCUT2D eigenvalue weighted by Crippen LogP contribution is 2.35. The van der Waals surface area contributed by atoms with Crippen molar-refractivity contribution >= 4 is 23.6 Å². The van der Waals surface area contributed by atoms with Crippen molar-refractivity contribution in [1.29, 1.82) is 0 Å². The van der Waals surface area contributed by atoms with Crippen molar-refractivity contribution in [3.63, 3.8) is 0 Å². The molecule has 146 valence electrons. The standard InChI is InChI=1S/C18H20ClF3N4O/c1-13-16(19)17(18(20,21)22)23-26(13)11-15(12-27)25-9-7-24(8-10-25)14-5-3-2-4-6-14/h2-6,12,15H,7-11H2,1H3. The molecule has 1 saturated heterocycles. The number of carbonyl (C=O) groups excluding carboxylic acids is 1. The van der Waals surface area contributed by atoms with Crippen LogP contribution in [0.2, 0.25) is 5.02 Å². The Morgan fingerprint density at radius 1 is 1.19 bits per heavy atom. The summed E-state index contributed by atoms with van der Waals surface area (Å²) >= 11 is 5.79. The lowest BCUT2D eigenvalue weighted by Crippen LogP contribution is -2.52. The number of aromatic nitrogens is 2. The van der Waals surface area contributed by atoms with Gasteiger partial charge in [0.15, 0.2) is 5.69 Å². The van der Waals surface area contributed by atoms with E-state index in [1.807, 2.05) is 35.2 Å². The Morgan fingerprint density at radius 3 is 2.33 bits per heavy atom. The number of halogens is 4. The van der Waals surface area contributed by atoms with E-state index in [1.54, 1.807) is 0 Å². The third-order valence-electron chi connectivity index (χ3n) is 4.82. The van der Waals surface area contributed by atoms with Gasteiger partial charge in [0.2, 0.25) is 0 Å². The Bertz CT molecular complexity index is 786. The van der Waals surface area contributed by atoms with Crippen molar-refractivity contribution in [3.8, 4) is 0 Å². The lowest BCUT2D eigenvalue weighted by molar-refractivity contribution is -0.141. The van der Waals surface area contributed by atoms with Crippen molar-refractivity contribution < 1.29 is 18.0 Å². The predicted octanol–water partition coefficient (Wildman–Crippen LogP) is 3.25. The highest BCUT2D eigenvalue weighted by molar-refractivity contribution is 6.31. The molecule has 0 N–H and O–H groups in total. The second kappa shape index (κ2) is 7.90. The molecule has 1 unspecified atom stereocenters. The van der Waals surface area contributed by atoms with E-state index in [2.05, 4.69) is 10.00 Å². The molecule has 0 saturated carbocycles. The molecule has 1 aromatic heterocycles. The largest absolute Gasteiger partial charge is 0.436 e. The summed E-state index contributed by atoms with van der Waals surface area (Å²) < 4.78 is 40.1. The van der Waals surface area contributed by atoms with Gasteiger partial charge in [-0.1, -0.05) is 29.8 Å². The van der Waals surface area contributed by atoms with E-state index >= 15 is 0 Å². The van der Waals surface area contributed by atoms with Gasteiger partial charge in [-0.2, -0.15) is 18.3 Å². The third kappa shape index (κ3) is 4.27. The van der Waals surface area contributed by atoms with Crippen molar-refractivity contribution in [2.75, 3.05) is 31.1 Å². The fraction of sp³-hybridized carbons (Fsp3) is 0.444. The van der Waals surface area contributed by atoms with Crippen LogP contribution in [0.4, 0.5) is 18.9 Å². The molecule has 5 nitrogen and oxygen atoms in total. The van der Waals surface area contributed by atoms with Gasteiger partial charge in [0, 0.05) is 31.9 Å². The molecule has 1 aliphatic rings. The number of piperazine rings is 1. The molecule has 0 amide bonds. The average molecular weight is 401 g/mol. The Hall–Kier alpha value is -2.06. The molecule has 0 aliphatic carbocycles. The summed E-state index contributed by atoms with van der Waals surface area (Å²) in [5.41, 5.74) is 0.211. The van der Waals surface area contributed by atoms with Gasteiger partial charge >= 0.3 is 6.18 Å². The zero-order valence-corrected chi connectivity index (χ0v) is 15.5. The third-order valence-corrected chi connectivity index (χ3v) is 5.28. The van der Waals surface area contributed by atoms with Gasteiger partial charge in [-0.3, -0.25) is 9.58 Å². The molecular formula is C18H20ClF3N4O. The summed E-state index contributed by atoms with van der Waals surface area (Å²) in [6, 6.07) is 9.39. The molecule has 3 rings (SSSR count). The van der Waals surface area contributed by atoms with Gasteiger partial charge in [0.25, 0.3) is 0 Å². The fourth-order valence-corrected chi connectivity index (χ4v) is 3.50. The maximum absolute atomic E-state index is 13.0. The van der Waals surface area contributed by atoms with Crippen molar-refractivity contribution in [3.05, 3.63) is 46.7 Å². The topological polar surface area (TPSA) is 41.4 Å². The number of benzene rings is 1. The summed E-state index contributed by atoms with van der Waals surface area (Å²) in [6.07, 6.45) is -3.86. The highest BCUT2D eigenvalue weighted by atomic mass is 35.5. The van der Waals surface area contributed by atoms with Crippen LogP contribution in [-0.2, 0) is 17.5 Å².